The van der Waals surface area contributed by atoms with Crippen LogP contribution in [0.4, 0.5) is 14.9 Å². The van der Waals surface area contributed by atoms with E-state index >= 15 is 0 Å². The van der Waals surface area contributed by atoms with Crippen molar-refractivity contribution in [1.82, 2.24) is 4.90 Å². The van der Waals surface area contributed by atoms with E-state index in [0.717, 1.165) is 12.8 Å². The first-order valence-corrected chi connectivity index (χ1v) is 9.73. The van der Waals surface area contributed by atoms with E-state index in [4.69, 9.17) is 9.15 Å². The molecule has 156 valence electrons. The Kier molecular flexibility index (Phi) is 5.96. The van der Waals surface area contributed by atoms with Crippen LogP contribution in [0.3, 0.4) is 0 Å². The number of carbonyl (C=O) groups is 2. The quantitative estimate of drug-likeness (QED) is 0.692. The number of rotatable bonds is 4. The molecule has 6 nitrogen and oxygen atoms in total. The molecule has 1 aliphatic rings. The predicted molar refractivity (Wildman–Crippen MR) is 109 cm³/mol. The molecule has 0 aliphatic carbocycles. The zero-order chi connectivity index (χ0) is 21.2. The zero-order valence-corrected chi connectivity index (χ0v) is 17.3. The Morgan fingerprint density at radius 2 is 1.93 bits per heavy atom. The molecule has 1 amide bonds. The SMILES string of the molecule is CN(c1ccc(-c2ccc(C=O)o2)cc1F)C1CCN(C(=O)OC(C)(C)C)CC1. The summed E-state index contributed by atoms with van der Waals surface area (Å²) in [4.78, 5) is 26.6. The molecular weight excluding hydrogens is 375 g/mol. The molecular formula is C22H27FN2O4. The number of furan rings is 1. The third-order valence-electron chi connectivity index (χ3n) is 5.02. The molecule has 0 N–H and O–H groups in total. The van der Waals surface area contributed by atoms with Gasteiger partial charge in [-0.2, -0.15) is 0 Å². The van der Waals surface area contributed by atoms with E-state index in [9.17, 15) is 14.0 Å². The average Bonchev–Trinajstić information content (AvgIpc) is 3.15. The van der Waals surface area contributed by atoms with Gasteiger partial charge in [-0.15, -0.1) is 0 Å². The van der Waals surface area contributed by atoms with Crippen LogP contribution in [-0.2, 0) is 4.74 Å². The minimum atomic E-state index is -0.518. The van der Waals surface area contributed by atoms with Gasteiger partial charge in [0, 0.05) is 31.7 Å². The summed E-state index contributed by atoms with van der Waals surface area (Å²) in [5.74, 6) is 0.299. The van der Waals surface area contributed by atoms with Crippen LogP contribution in [0.5, 0.6) is 0 Å². The molecule has 29 heavy (non-hydrogen) atoms. The molecule has 0 spiro atoms. The summed E-state index contributed by atoms with van der Waals surface area (Å²) in [6.07, 6.45) is 1.78. The Bertz CT molecular complexity index is 879. The second-order valence-corrected chi connectivity index (χ2v) is 8.30. The minimum absolute atomic E-state index is 0.124. The van der Waals surface area contributed by atoms with Gasteiger partial charge in [-0.05, 0) is 63.9 Å². The fraction of sp³-hybridized carbons (Fsp3) is 0.455. The number of hydrogen-bond donors (Lipinski definition) is 0. The Morgan fingerprint density at radius 3 is 2.48 bits per heavy atom. The lowest BCUT2D eigenvalue weighted by Crippen LogP contribution is -2.47. The highest BCUT2D eigenvalue weighted by atomic mass is 19.1. The summed E-state index contributed by atoms with van der Waals surface area (Å²) in [5, 5.41) is 0. The average molecular weight is 402 g/mol. The van der Waals surface area contributed by atoms with Crippen LogP contribution in [0.2, 0.25) is 0 Å². The van der Waals surface area contributed by atoms with Gasteiger partial charge in [0.2, 0.25) is 0 Å². The van der Waals surface area contributed by atoms with Crippen LogP contribution in [0.15, 0.2) is 34.7 Å². The molecule has 0 bridgehead atoms. The van der Waals surface area contributed by atoms with E-state index < -0.39 is 5.60 Å². The highest BCUT2D eigenvalue weighted by Crippen LogP contribution is 2.30. The molecule has 0 radical (unpaired) electrons. The maximum absolute atomic E-state index is 14.8. The first kappa shape index (κ1) is 20.9. The fourth-order valence-electron chi connectivity index (χ4n) is 3.48. The lowest BCUT2D eigenvalue weighted by atomic mass is 10.0. The molecule has 2 heterocycles. The number of amides is 1. The Balaban J connectivity index is 1.64. The third kappa shape index (κ3) is 4.96. The van der Waals surface area contributed by atoms with E-state index in [1.165, 1.54) is 6.07 Å². The smallest absolute Gasteiger partial charge is 0.410 e. The molecule has 7 heteroatoms. The van der Waals surface area contributed by atoms with E-state index in [2.05, 4.69) is 0 Å². The summed E-state index contributed by atoms with van der Waals surface area (Å²) in [6, 6.07) is 8.23. The van der Waals surface area contributed by atoms with Crippen molar-refractivity contribution in [3.63, 3.8) is 0 Å². The summed E-state index contributed by atoms with van der Waals surface area (Å²) in [6.45, 7) is 6.69. The summed E-state index contributed by atoms with van der Waals surface area (Å²) in [5.41, 5.74) is 0.551. The molecule has 1 aromatic carbocycles. The Labute approximate surface area is 170 Å². The van der Waals surface area contributed by atoms with Crippen LogP contribution in [0.1, 0.15) is 44.2 Å². The van der Waals surface area contributed by atoms with E-state index in [1.54, 1.807) is 29.2 Å². The van der Waals surface area contributed by atoms with Crippen LogP contribution in [-0.4, -0.2) is 49.1 Å². The number of anilines is 1. The van der Waals surface area contributed by atoms with Gasteiger partial charge in [-0.1, -0.05) is 0 Å². The maximum atomic E-state index is 14.8. The van der Waals surface area contributed by atoms with Crippen molar-refractivity contribution in [3.05, 3.63) is 41.9 Å². The highest BCUT2D eigenvalue weighted by Gasteiger charge is 2.29. The van der Waals surface area contributed by atoms with Gasteiger partial charge in [0.1, 0.15) is 17.2 Å². The first-order chi connectivity index (χ1) is 13.7. The molecule has 0 unspecified atom stereocenters. The maximum Gasteiger partial charge on any atom is 0.410 e. The lowest BCUT2D eigenvalue weighted by Gasteiger charge is -2.38. The molecule has 0 saturated carbocycles. The van der Waals surface area contributed by atoms with Crippen molar-refractivity contribution in [2.45, 2.75) is 45.3 Å². The minimum Gasteiger partial charge on any atom is -0.453 e. The number of halogens is 1. The third-order valence-corrected chi connectivity index (χ3v) is 5.02. The van der Waals surface area contributed by atoms with Gasteiger partial charge in [-0.3, -0.25) is 4.79 Å². The number of hydrogen-bond acceptors (Lipinski definition) is 5. The van der Waals surface area contributed by atoms with Crippen molar-refractivity contribution >= 4 is 18.1 Å². The summed E-state index contributed by atoms with van der Waals surface area (Å²) < 4.78 is 25.6. The van der Waals surface area contributed by atoms with Crippen molar-refractivity contribution in [1.29, 1.82) is 0 Å². The fourth-order valence-corrected chi connectivity index (χ4v) is 3.48. The summed E-state index contributed by atoms with van der Waals surface area (Å²) in [7, 11) is 1.86. The number of carbonyl (C=O) groups excluding carboxylic acids is 2. The van der Waals surface area contributed by atoms with Gasteiger partial charge < -0.3 is 19.0 Å². The first-order valence-electron chi connectivity index (χ1n) is 9.73. The number of likely N-dealkylation sites (tertiary alicyclic amines) is 1. The Hall–Kier alpha value is -2.83. The molecule has 3 rings (SSSR count). The van der Waals surface area contributed by atoms with Crippen LogP contribution in [0, 0.1) is 5.82 Å². The molecule has 1 aliphatic heterocycles. The molecule has 1 fully saturated rings. The molecule has 1 aromatic heterocycles. The normalized spacial score (nSPS) is 15.3. The molecule has 2 aromatic rings. The lowest BCUT2D eigenvalue weighted by molar-refractivity contribution is 0.0205. The van der Waals surface area contributed by atoms with Crippen LogP contribution in [0.25, 0.3) is 11.3 Å². The highest BCUT2D eigenvalue weighted by molar-refractivity contribution is 5.73. The molecule has 0 atom stereocenters. The van der Waals surface area contributed by atoms with E-state index in [1.807, 2.05) is 32.7 Å². The monoisotopic (exact) mass is 402 g/mol. The van der Waals surface area contributed by atoms with Gasteiger partial charge in [-0.25, -0.2) is 9.18 Å². The zero-order valence-electron chi connectivity index (χ0n) is 17.3. The number of benzene rings is 1. The van der Waals surface area contributed by atoms with Gasteiger partial charge >= 0.3 is 6.09 Å². The van der Waals surface area contributed by atoms with Crippen molar-refractivity contribution < 1.29 is 23.1 Å². The van der Waals surface area contributed by atoms with Gasteiger partial charge in [0.05, 0.1) is 5.69 Å². The van der Waals surface area contributed by atoms with Gasteiger partial charge in [0.25, 0.3) is 0 Å². The van der Waals surface area contributed by atoms with Crippen molar-refractivity contribution in [2.75, 3.05) is 25.0 Å². The standard InChI is InChI=1S/C22H27FN2O4/c1-22(2,3)29-21(27)25-11-9-16(10-12-25)24(4)19-7-5-15(13-18(19)23)20-8-6-17(14-26)28-20/h5-8,13-14,16H,9-12H2,1-4H3. The largest absolute Gasteiger partial charge is 0.453 e. The van der Waals surface area contributed by atoms with Crippen LogP contribution >= 0.6 is 0 Å². The van der Waals surface area contributed by atoms with Crippen molar-refractivity contribution in [2.24, 2.45) is 0 Å². The predicted octanol–water partition coefficient (Wildman–Crippen LogP) is 4.73. The molecule has 1 saturated heterocycles. The van der Waals surface area contributed by atoms with Crippen molar-refractivity contribution in [3.8, 4) is 11.3 Å². The Morgan fingerprint density at radius 1 is 1.24 bits per heavy atom. The topological polar surface area (TPSA) is 63.0 Å². The number of nitrogens with zero attached hydrogens (tertiary/aromatic N) is 2. The van der Waals surface area contributed by atoms with E-state index in [0.29, 0.717) is 36.4 Å². The second kappa shape index (κ2) is 8.27. The van der Waals surface area contributed by atoms with E-state index in [-0.39, 0.29) is 23.7 Å². The number of ether oxygens (including phenoxy) is 1. The number of aldehydes is 1. The second-order valence-electron chi connectivity index (χ2n) is 8.30. The summed E-state index contributed by atoms with van der Waals surface area (Å²) >= 11 is 0. The van der Waals surface area contributed by atoms with Gasteiger partial charge in [0.15, 0.2) is 12.0 Å². The van der Waals surface area contributed by atoms with Crippen LogP contribution < -0.4 is 4.90 Å². The number of piperidine rings is 1.